The van der Waals surface area contributed by atoms with Gasteiger partial charge in [0.05, 0.1) is 0 Å². The van der Waals surface area contributed by atoms with E-state index in [1.165, 1.54) is 5.56 Å². The van der Waals surface area contributed by atoms with Gasteiger partial charge in [0.1, 0.15) is 5.41 Å². The molecule has 2 N–H and O–H groups in total. The SMILES string of the molecule is CC(C)(CCc1ccccc1)NC(=O)C1(C(=O)O)CCC1. The van der Waals surface area contributed by atoms with Crippen LogP contribution in [0.2, 0.25) is 0 Å². The number of benzene rings is 1. The summed E-state index contributed by atoms with van der Waals surface area (Å²) in [6, 6.07) is 10.1. The number of aliphatic carboxylic acids is 1. The first-order valence-corrected chi connectivity index (χ1v) is 7.46. The molecule has 1 aromatic carbocycles. The quantitative estimate of drug-likeness (QED) is 0.791. The van der Waals surface area contributed by atoms with E-state index in [1.807, 2.05) is 32.0 Å². The van der Waals surface area contributed by atoms with Crippen molar-refractivity contribution in [3.8, 4) is 0 Å². The molecule has 1 amide bonds. The van der Waals surface area contributed by atoms with Crippen LogP contribution in [0.4, 0.5) is 0 Å². The summed E-state index contributed by atoms with van der Waals surface area (Å²) in [5.74, 6) is -1.33. The second-order valence-electron chi connectivity index (χ2n) is 6.56. The molecule has 0 bridgehead atoms. The molecule has 1 saturated carbocycles. The van der Waals surface area contributed by atoms with Crippen LogP contribution < -0.4 is 5.32 Å². The number of carboxylic acids is 1. The van der Waals surface area contributed by atoms with Crippen LogP contribution in [0, 0.1) is 5.41 Å². The van der Waals surface area contributed by atoms with Gasteiger partial charge in [-0.05, 0) is 45.1 Å². The van der Waals surface area contributed by atoms with Crippen molar-refractivity contribution in [1.29, 1.82) is 0 Å². The number of carbonyl (C=O) groups excluding carboxylic acids is 1. The second kappa shape index (κ2) is 5.88. The number of rotatable bonds is 6. The Morgan fingerprint density at radius 1 is 1.24 bits per heavy atom. The number of hydrogen-bond acceptors (Lipinski definition) is 2. The Bertz CT molecular complexity index is 518. The number of aryl methyl sites for hydroxylation is 1. The molecule has 114 valence electrons. The number of carbonyl (C=O) groups is 2. The van der Waals surface area contributed by atoms with Gasteiger partial charge in [-0.15, -0.1) is 0 Å². The van der Waals surface area contributed by atoms with Gasteiger partial charge in [0, 0.05) is 5.54 Å². The molecule has 1 fully saturated rings. The third-order valence-electron chi connectivity index (χ3n) is 4.38. The van der Waals surface area contributed by atoms with E-state index in [9.17, 15) is 14.7 Å². The molecular weight excluding hydrogens is 266 g/mol. The summed E-state index contributed by atoms with van der Waals surface area (Å²) >= 11 is 0. The standard InChI is InChI=1S/C17H23NO3/c1-16(2,12-9-13-7-4-3-5-8-13)18-14(19)17(15(20)21)10-6-11-17/h3-5,7-8H,6,9-12H2,1-2H3,(H,18,19)(H,20,21). The maximum absolute atomic E-state index is 12.3. The lowest BCUT2D eigenvalue weighted by Gasteiger charge is -2.39. The van der Waals surface area contributed by atoms with Crippen LogP contribution in [-0.2, 0) is 16.0 Å². The van der Waals surface area contributed by atoms with Crippen molar-refractivity contribution < 1.29 is 14.7 Å². The fraction of sp³-hybridized carbons (Fsp3) is 0.529. The van der Waals surface area contributed by atoms with Crippen molar-refractivity contribution in [2.45, 2.75) is 51.5 Å². The zero-order valence-electron chi connectivity index (χ0n) is 12.7. The summed E-state index contributed by atoms with van der Waals surface area (Å²) in [4.78, 5) is 23.7. The highest BCUT2D eigenvalue weighted by molar-refractivity contribution is 6.03. The Morgan fingerprint density at radius 3 is 2.33 bits per heavy atom. The summed E-state index contributed by atoms with van der Waals surface area (Å²) in [6.45, 7) is 3.89. The molecule has 4 nitrogen and oxygen atoms in total. The summed E-state index contributed by atoms with van der Waals surface area (Å²) in [7, 11) is 0. The molecule has 0 aromatic heterocycles. The molecule has 4 heteroatoms. The van der Waals surface area contributed by atoms with E-state index in [1.54, 1.807) is 0 Å². The van der Waals surface area contributed by atoms with Crippen molar-refractivity contribution in [2.75, 3.05) is 0 Å². The largest absolute Gasteiger partial charge is 0.480 e. The third kappa shape index (κ3) is 3.43. The highest BCUT2D eigenvalue weighted by Crippen LogP contribution is 2.41. The topological polar surface area (TPSA) is 66.4 Å². The van der Waals surface area contributed by atoms with Crippen LogP contribution in [-0.4, -0.2) is 22.5 Å². The van der Waals surface area contributed by atoms with E-state index < -0.39 is 16.9 Å². The van der Waals surface area contributed by atoms with Gasteiger partial charge in [0.2, 0.25) is 5.91 Å². The molecule has 0 spiro atoms. The van der Waals surface area contributed by atoms with E-state index in [4.69, 9.17) is 0 Å². The first-order chi connectivity index (χ1) is 9.86. The molecule has 0 radical (unpaired) electrons. The molecular formula is C17H23NO3. The third-order valence-corrected chi connectivity index (χ3v) is 4.38. The van der Waals surface area contributed by atoms with Crippen LogP contribution in [0.25, 0.3) is 0 Å². The summed E-state index contributed by atoms with van der Waals surface area (Å²) in [5.41, 5.74) is -0.383. The zero-order chi connectivity index (χ0) is 15.5. The maximum Gasteiger partial charge on any atom is 0.319 e. The summed E-state index contributed by atoms with van der Waals surface area (Å²) in [6.07, 6.45) is 3.34. The molecule has 1 aromatic rings. The lowest BCUT2D eigenvalue weighted by Crippen LogP contribution is -2.56. The van der Waals surface area contributed by atoms with Gasteiger partial charge in [-0.25, -0.2) is 0 Å². The maximum atomic E-state index is 12.3. The first kappa shape index (κ1) is 15.5. The molecule has 0 atom stereocenters. The first-order valence-electron chi connectivity index (χ1n) is 7.46. The van der Waals surface area contributed by atoms with Crippen LogP contribution >= 0.6 is 0 Å². The molecule has 2 rings (SSSR count). The molecule has 0 heterocycles. The van der Waals surface area contributed by atoms with E-state index in [-0.39, 0.29) is 5.91 Å². The van der Waals surface area contributed by atoms with Gasteiger partial charge in [-0.2, -0.15) is 0 Å². The van der Waals surface area contributed by atoms with Gasteiger partial charge >= 0.3 is 5.97 Å². The van der Waals surface area contributed by atoms with E-state index >= 15 is 0 Å². The zero-order valence-corrected chi connectivity index (χ0v) is 12.7. The van der Waals surface area contributed by atoms with E-state index in [0.717, 1.165) is 19.3 Å². The van der Waals surface area contributed by atoms with E-state index in [0.29, 0.717) is 12.8 Å². The van der Waals surface area contributed by atoms with Gasteiger partial charge in [-0.3, -0.25) is 9.59 Å². The number of carboxylic acid groups (broad SMARTS) is 1. The lowest BCUT2D eigenvalue weighted by atomic mass is 9.67. The summed E-state index contributed by atoms with van der Waals surface area (Å²) in [5, 5.41) is 12.2. The van der Waals surface area contributed by atoms with Crippen LogP contribution in [0.5, 0.6) is 0 Å². The normalized spacial score (nSPS) is 16.9. The van der Waals surface area contributed by atoms with Crippen molar-refractivity contribution in [2.24, 2.45) is 5.41 Å². The van der Waals surface area contributed by atoms with Crippen molar-refractivity contribution in [3.63, 3.8) is 0 Å². The minimum absolute atomic E-state index is 0.334. The smallest absolute Gasteiger partial charge is 0.319 e. The van der Waals surface area contributed by atoms with Crippen molar-refractivity contribution >= 4 is 11.9 Å². The number of nitrogens with one attached hydrogen (secondary N) is 1. The molecule has 21 heavy (non-hydrogen) atoms. The Hall–Kier alpha value is -1.84. The number of amides is 1. The van der Waals surface area contributed by atoms with Gasteiger partial charge in [0.25, 0.3) is 0 Å². The van der Waals surface area contributed by atoms with Crippen LogP contribution in [0.3, 0.4) is 0 Å². The minimum atomic E-state index is -1.19. The van der Waals surface area contributed by atoms with Gasteiger partial charge < -0.3 is 10.4 Å². The Balaban J connectivity index is 1.94. The predicted molar refractivity (Wildman–Crippen MR) is 80.9 cm³/mol. The number of hydrogen-bond donors (Lipinski definition) is 2. The van der Waals surface area contributed by atoms with Crippen LogP contribution in [0.15, 0.2) is 30.3 Å². The highest BCUT2D eigenvalue weighted by Gasteiger charge is 2.52. The minimum Gasteiger partial charge on any atom is -0.480 e. The molecule has 0 saturated heterocycles. The fourth-order valence-electron chi connectivity index (χ4n) is 2.66. The van der Waals surface area contributed by atoms with Crippen molar-refractivity contribution in [1.82, 2.24) is 5.32 Å². The average molecular weight is 289 g/mol. The Labute approximate surface area is 125 Å². The monoisotopic (exact) mass is 289 g/mol. The van der Waals surface area contributed by atoms with E-state index in [2.05, 4.69) is 17.4 Å². The molecule has 1 aliphatic rings. The lowest BCUT2D eigenvalue weighted by molar-refractivity contribution is -0.162. The second-order valence-corrected chi connectivity index (χ2v) is 6.56. The Kier molecular flexibility index (Phi) is 4.35. The van der Waals surface area contributed by atoms with Gasteiger partial charge in [-0.1, -0.05) is 36.8 Å². The predicted octanol–water partition coefficient (Wildman–Crippen LogP) is 2.77. The molecule has 1 aliphatic carbocycles. The van der Waals surface area contributed by atoms with Gasteiger partial charge in [0.15, 0.2) is 0 Å². The highest BCUT2D eigenvalue weighted by atomic mass is 16.4. The van der Waals surface area contributed by atoms with Crippen LogP contribution in [0.1, 0.15) is 45.1 Å². The molecule has 0 unspecified atom stereocenters. The van der Waals surface area contributed by atoms with Crippen molar-refractivity contribution in [3.05, 3.63) is 35.9 Å². The Morgan fingerprint density at radius 2 is 1.86 bits per heavy atom. The fourth-order valence-corrected chi connectivity index (χ4v) is 2.66. The average Bonchev–Trinajstić information content (AvgIpc) is 2.35. The molecule has 0 aliphatic heterocycles. The summed E-state index contributed by atoms with van der Waals surface area (Å²) < 4.78 is 0.